The third-order valence-electron chi connectivity index (χ3n) is 3.55. The van der Waals surface area contributed by atoms with E-state index in [1.54, 1.807) is 19.1 Å². The first-order valence-corrected chi connectivity index (χ1v) is 6.74. The van der Waals surface area contributed by atoms with Gasteiger partial charge in [0.1, 0.15) is 11.8 Å². The highest BCUT2D eigenvalue weighted by Gasteiger charge is 2.38. The van der Waals surface area contributed by atoms with Crippen LogP contribution in [-0.4, -0.2) is 38.9 Å². The summed E-state index contributed by atoms with van der Waals surface area (Å²) < 4.78 is 0. The maximum atomic E-state index is 12.0. The molecule has 2 rings (SSSR count). The number of hydrogen-bond donors (Lipinski definition) is 2. The number of piperidine rings is 1. The number of carboxylic acids is 1. The van der Waals surface area contributed by atoms with Crippen LogP contribution in [0.4, 0.5) is 0 Å². The monoisotopic (exact) mass is 291 g/mol. The number of likely N-dealkylation sites (tertiary alicyclic amines) is 1. The maximum Gasteiger partial charge on any atom is 0.327 e. The van der Waals surface area contributed by atoms with Crippen LogP contribution in [0.5, 0.6) is 5.75 Å². The molecule has 6 nitrogen and oxygen atoms in total. The Balaban J connectivity index is 2.22. The zero-order valence-electron chi connectivity index (χ0n) is 11.7. The lowest BCUT2D eigenvalue weighted by Gasteiger charge is -2.32. The van der Waals surface area contributed by atoms with Gasteiger partial charge in [-0.3, -0.25) is 14.5 Å². The zero-order valence-corrected chi connectivity index (χ0v) is 11.7. The SMILES string of the molecule is CC1CC(=O)N(C(Cc2ccc(O)cc2)C(=O)O)C(=O)C1. The summed E-state index contributed by atoms with van der Waals surface area (Å²) in [5.74, 6) is -2.07. The number of aliphatic carboxylic acids is 1. The number of benzene rings is 1. The van der Waals surface area contributed by atoms with Crippen molar-refractivity contribution in [3.63, 3.8) is 0 Å². The molecule has 1 aliphatic heterocycles. The number of rotatable bonds is 4. The van der Waals surface area contributed by atoms with Crippen molar-refractivity contribution in [1.82, 2.24) is 4.90 Å². The zero-order chi connectivity index (χ0) is 15.6. The summed E-state index contributed by atoms with van der Waals surface area (Å²) in [5, 5.41) is 18.6. The van der Waals surface area contributed by atoms with Crippen molar-refractivity contribution in [2.75, 3.05) is 0 Å². The van der Waals surface area contributed by atoms with E-state index in [4.69, 9.17) is 0 Å². The molecule has 0 aromatic heterocycles. The number of imide groups is 1. The lowest BCUT2D eigenvalue weighted by atomic mass is 9.94. The number of phenolic OH excluding ortho intramolecular Hbond substituents is 1. The van der Waals surface area contributed by atoms with Crippen LogP contribution in [-0.2, 0) is 20.8 Å². The quantitative estimate of drug-likeness (QED) is 0.812. The summed E-state index contributed by atoms with van der Waals surface area (Å²) in [7, 11) is 0. The molecule has 1 unspecified atom stereocenters. The Hall–Kier alpha value is -2.37. The van der Waals surface area contributed by atoms with Gasteiger partial charge in [-0.05, 0) is 23.6 Å². The van der Waals surface area contributed by atoms with Gasteiger partial charge in [-0.2, -0.15) is 0 Å². The van der Waals surface area contributed by atoms with Gasteiger partial charge in [0.25, 0.3) is 0 Å². The third-order valence-corrected chi connectivity index (χ3v) is 3.55. The van der Waals surface area contributed by atoms with E-state index >= 15 is 0 Å². The van der Waals surface area contributed by atoms with Crippen LogP contribution in [0.25, 0.3) is 0 Å². The number of amides is 2. The first-order valence-electron chi connectivity index (χ1n) is 6.74. The van der Waals surface area contributed by atoms with Gasteiger partial charge in [0.2, 0.25) is 11.8 Å². The van der Waals surface area contributed by atoms with Crippen LogP contribution in [0.3, 0.4) is 0 Å². The highest BCUT2D eigenvalue weighted by atomic mass is 16.4. The van der Waals surface area contributed by atoms with Gasteiger partial charge >= 0.3 is 5.97 Å². The second-order valence-corrected chi connectivity index (χ2v) is 5.40. The molecule has 1 aromatic rings. The highest BCUT2D eigenvalue weighted by molar-refractivity contribution is 6.01. The van der Waals surface area contributed by atoms with Crippen LogP contribution in [0.2, 0.25) is 0 Å². The van der Waals surface area contributed by atoms with Gasteiger partial charge in [0.05, 0.1) is 0 Å². The summed E-state index contributed by atoms with van der Waals surface area (Å²) >= 11 is 0. The van der Waals surface area contributed by atoms with E-state index in [1.165, 1.54) is 12.1 Å². The minimum Gasteiger partial charge on any atom is -0.508 e. The van der Waals surface area contributed by atoms with E-state index in [9.17, 15) is 24.6 Å². The molecular weight excluding hydrogens is 274 g/mol. The normalized spacial score (nSPS) is 17.9. The Morgan fingerprint density at radius 1 is 1.24 bits per heavy atom. The van der Waals surface area contributed by atoms with Crippen molar-refractivity contribution in [2.24, 2.45) is 5.92 Å². The van der Waals surface area contributed by atoms with Gasteiger partial charge < -0.3 is 10.2 Å². The molecule has 2 amide bonds. The van der Waals surface area contributed by atoms with E-state index in [0.29, 0.717) is 5.56 Å². The minimum absolute atomic E-state index is 0.0292. The van der Waals surface area contributed by atoms with Crippen LogP contribution in [0.1, 0.15) is 25.3 Å². The second-order valence-electron chi connectivity index (χ2n) is 5.40. The van der Waals surface area contributed by atoms with Gasteiger partial charge in [0.15, 0.2) is 0 Å². The fraction of sp³-hybridized carbons (Fsp3) is 0.400. The predicted molar refractivity (Wildman–Crippen MR) is 73.5 cm³/mol. The molecule has 112 valence electrons. The lowest BCUT2D eigenvalue weighted by Crippen LogP contribution is -2.52. The molecule has 1 fully saturated rings. The van der Waals surface area contributed by atoms with Crippen molar-refractivity contribution < 1.29 is 24.6 Å². The van der Waals surface area contributed by atoms with Crippen molar-refractivity contribution in [2.45, 2.75) is 32.2 Å². The molecule has 2 N–H and O–H groups in total. The number of carbonyl (C=O) groups is 3. The number of nitrogens with zero attached hydrogens (tertiary/aromatic N) is 1. The smallest absolute Gasteiger partial charge is 0.327 e. The molecule has 1 atom stereocenters. The molecule has 0 radical (unpaired) electrons. The standard InChI is InChI=1S/C15H17NO5/c1-9-6-13(18)16(14(19)7-9)12(15(20)21)8-10-2-4-11(17)5-3-10/h2-5,9,12,17H,6-8H2,1H3,(H,20,21). The summed E-state index contributed by atoms with van der Waals surface area (Å²) in [4.78, 5) is 36.3. The molecule has 1 aliphatic rings. The predicted octanol–water partition coefficient (Wildman–Crippen LogP) is 1.17. The van der Waals surface area contributed by atoms with E-state index in [1.807, 2.05) is 0 Å². The van der Waals surface area contributed by atoms with Crippen LogP contribution >= 0.6 is 0 Å². The van der Waals surface area contributed by atoms with E-state index in [0.717, 1.165) is 4.90 Å². The molecule has 0 aliphatic carbocycles. The van der Waals surface area contributed by atoms with Gasteiger partial charge in [-0.1, -0.05) is 19.1 Å². The molecule has 1 saturated heterocycles. The average molecular weight is 291 g/mol. The number of carbonyl (C=O) groups excluding carboxylic acids is 2. The van der Waals surface area contributed by atoms with Crippen molar-refractivity contribution >= 4 is 17.8 Å². The fourth-order valence-corrected chi connectivity index (χ4v) is 2.50. The topological polar surface area (TPSA) is 94.9 Å². The Morgan fingerprint density at radius 2 is 1.76 bits per heavy atom. The molecule has 0 bridgehead atoms. The van der Waals surface area contributed by atoms with E-state index < -0.39 is 23.8 Å². The van der Waals surface area contributed by atoms with Crippen molar-refractivity contribution in [1.29, 1.82) is 0 Å². The molecule has 1 aromatic carbocycles. The van der Waals surface area contributed by atoms with Gasteiger partial charge in [-0.15, -0.1) is 0 Å². The van der Waals surface area contributed by atoms with Crippen molar-refractivity contribution in [3.8, 4) is 5.75 Å². The number of aromatic hydroxyl groups is 1. The van der Waals surface area contributed by atoms with E-state index in [-0.39, 0.29) is 30.9 Å². The first-order chi connectivity index (χ1) is 9.88. The van der Waals surface area contributed by atoms with Crippen LogP contribution in [0, 0.1) is 5.92 Å². The van der Waals surface area contributed by atoms with Crippen molar-refractivity contribution in [3.05, 3.63) is 29.8 Å². The summed E-state index contributed by atoms with van der Waals surface area (Å²) in [6.45, 7) is 1.79. The Kier molecular flexibility index (Phi) is 4.26. The minimum atomic E-state index is -1.21. The molecule has 0 saturated carbocycles. The Labute approximate surface area is 122 Å². The molecule has 6 heteroatoms. The van der Waals surface area contributed by atoms with Gasteiger partial charge in [0, 0.05) is 19.3 Å². The molecule has 0 spiro atoms. The summed E-state index contributed by atoms with van der Waals surface area (Å²) in [6, 6.07) is 4.83. The Morgan fingerprint density at radius 3 is 2.24 bits per heavy atom. The molecule has 21 heavy (non-hydrogen) atoms. The van der Waals surface area contributed by atoms with E-state index in [2.05, 4.69) is 0 Å². The Bertz CT molecular complexity index is 548. The third kappa shape index (κ3) is 3.39. The number of hydrogen-bond acceptors (Lipinski definition) is 4. The largest absolute Gasteiger partial charge is 0.508 e. The molecule has 1 heterocycles. The first kappa shape index (κ1) is 15.0. The fourth-order valence-electron chi connectivity index (χ4n) is 2.50. The second kappa shape index (κ2) is 5.95. The van der Waals surface area contributed by atoms with Crippen LogP contribution < -0.4 is 0 Å². The average Bonchev–Trinajstić information content (AvgIpc) is 2.38. The molecular formula is C15H17NO5. The highest BCUT2D eigenvalue weighted by Crippen LogP contribution is 2.23. The van der Waals surface area contributed by atoms with Crippen LogP contribution in [0.15, 0.2) is 24.3 Å². The van der Waals surface area contributed by atoms with Gasteiger partial charge in [-0.25, -0.2) is 4.79 Å². The summed E-state index contributed by atoms with van der Waals surface area (Å²) in [5.41, 5.74) is 0.638. The number of phenols is 1. The number of carboxylic acid groups (broad SMARTS) is 1. The lowest BCUT2D eigenvalue weighted by molar-refractivity contribution is -0.161. The summed E-state index contributed by atoms with van der Waals surface area (Å²) in [6.07, 6.45) is 0.400. The maximum absolute atomic E-state index is 12.0.